The summed E-state index contributed by atoms with van der Waals surface area (Å²) in [4.78, 5) is 0.253. The molecule has 0 atom stereocenters. The molecule has 2 N–H and O–H groups in total. The summed E-state index contributed by atoms with van der Waals surface area (Å²) in [5.41, 5.74) is 0.947. The number of hydrogen-bond donors (Lipinski definition) is 2. The summed E-state index contributed by atoms with van der Waals surface area (Å²) in [6, 6.07) is 3.91. The summed E-state index contributed by atoms with van der Waals surface area (Å²) in [5, 5.41) is 7.41. The highest BCUT2D eigenvalue weighted by Gasteiger charge is 2.22. The summed E-state index contributed by atoms with van der Waals surface area (Å²) in [6.45, 7) is 0.681. The Bertz CT molecular complexity index is 742. The number of rotatable bonds is 6. The fourth-order valence-electron chi connectivity index (χ4n) is 2.10. The van der Waals surface area contributed by atoms with Gasteiger partial charge >= 0.3 is 0 Å². The van der Waals surface area contributed by atoms with Gasteiger partial charge in [-0.05, 0) is 18.9 Å². The van der Waals surface area contributed by atoms with Crippen LogP contribution < -0.4 is 10.0 Å². The molecule has 0 aliphatic heterocycles. The maximum atomic E-state index is 12.3. The molecule has 0 aromatic carbocycles. The second kappa shape index (κ2) is 5.19. The predicted octanol–water partition coefficient (Wildman–Crippen LogP) is 0.811. The number of sulfonamides is 1. The van der Waals surface area contributed by atoms with Crippen molar-refractivity contribution in [1.29, 1.82) is 0 Å². The molecule has 0 unspecified atom stereocenters. The molecular weight excluding hydrogens is 290 g/mol. The third kappa shape index (κ3) is 3.27. The van der Waals surface area contributed by atoms with Crippen molar-refractivity contribution < 1.29 is 8.42 Å². The van der Waals surface area contributed by atoms with E-state index in [1.807, 2.05) is 11.6 Å². The largest absolute Gasteiger partial charge is 0.352 e. The molecule has 2 aromatic rings. The monoisotopic (exact) mass is 309 g/mol. The van der Waals surface area contributed by atoms with E-state index in [0.29, 0.717) is 18.4 Å². The van der Waals surface area contributed by atoms with Crippen LogP contribution in [0.5, 0.6) is 0 Å². The lowest BCUT2D eigenvalue weighted by atomic mass is 10.4. The second-order valence-electron chi connectivity index (χ2n) is 5.41. The van der Waals surface area contributed by atoms with Gasteiger partial charge in [-0.25, -0.2) is 8.42 Å². The average Bonchev–Trinajstić information content (AvgIpc) is 3.04. The van der Waals surface area contributed by atoms with Gasteiger partial charge in [0.25, 0.3) is 10.0 Å². The Hall–Kier alpha value is -1.80. The first-order chi connectivity index (χ1) is 9.94. The van der Waals surface area contributed by atoms with Crippen molar-refractivity contribution in [1.82, 2.24) is 19.7 Å². The van der Waals surface area contributed by atoms with Crippen LogP contribution in [0.2, 0.25) is 0 Å². The van der Waals surface area contributed by atoms with E-state index in [9.17, 15) is 8.42 Å². The number of aryl methyl sites for hydroxylation is 2. The van der Waals surface area contributed by atoms with Crippen LogP contribution in [0.3, 0.4) is 0 Å². The van der Waals surface area contributed by atoms with Crippen molar-refractivity contribution in [2.75, 3.05) is 4.72 Å². The minimum atomic E-state index is -3.60. The highest BCUT2D eigenvalue weighted by Crippen LogP contribution is 2.21. The Morgan fingerprint density at radius 2 is 2.14 bits per heavy atom. The van der Waals surface area contributed by atoms with Crippen molar-refractivity contribution in [3.63, 3.8) is 0 Å². The number of aromatic nitrogens is 3. The molecule has 0 radical (unpaired) electrons. The fraction of sp³-hybridized carbons (Fsp3) is 0.462. The van der Waals surface area contributed by atoms with Crippen LogP contribution in [0.4, 0.5) is 5.82 Å². The first-order valence-corrected chi connectivity index (χ1v) is 8.33. The second-order valence-corrected chi connectivity index (χ2v) is 7.10. The highest BCUT2D eigenvalue weighted by molar-refractivity contribution is 7.92. The van der Waals surface area contributed by atoms with Crippen LogP contribution in [0, 0.1) is 0 Å². The van der Waals surface area contributed by atoms with Crippen LogP contribution in [0.15, 0.2) is 29.4 Å². The molecule has 0 saturated heterocycles. The SMILES string of the molecule is Cn1ccc(NS(=O)(=O)c2cc(CNC3CC3)n(C)c2)n1. The normalized spacial score (nSPS) is 15.3. The topological polar surface area (TPSA) is 81.0 Å². The Labute approximate surface area is 124 Å². The van der Waals surface area contributed by atoms with Crippen molar-refractivity contribution >= 4 is 15.8 Å². The number of nitrogens with one attached hydrogen (secondary N) is 2. The molecule has 1 fully saturated rings. The van der Waals surface area contributed by atoms with Crippen molar-refractivity contribution in [3.05, 3.63) is 30.2 Å². The van der Waals surface area contributed by atoms with E-state index in [1.54, 1.807) is 36.3 Å². The first kappa shape index (κ1) is 14.2. The van der Waals surface area contributed by atoms with Gasteiger partial charge in [-0.3, -0.25) is 9.40 Å². The minimum Gasteiger partial charge on any atom is -0.352 e. The lowest BCUT2D eigenvalue weighted by Gasteiger charge is -2.03. The summed E-state index contributed by atoms with van der Waals surface area (Å²) >= 11 is 0. The van der Waals surface area contributed by atoms with Gasteiger partial charge in [0.2, 0.25) is 0 Å². The van der Waals surface area contributed by atoms with Gasteiger partial charge in [0.15, 0.2) is 5.82 Å². The van der Waals surface area contributed by atoms with E-state index in [2.05, 4.69) is 15.1 Å². The number of anilines is 1. The van der Waals surface area contributed by atoms with Gasteiger partial charge in [0.1, 0.15) is 4.90 Å². The molecule has 7 nitrogen and oxygen atoms in total. The Kier molecular flexibility index (Phi) is 3.50. The molecule has 2 aromatic heterocycles. The van der Waals surface area contributed by atoms with E-state index in [0.717, 1.165) is 5.69 Å². The number of nitrogens with zero attached hydrogens (tertiary/aromatic N) is 3. The van der Waals surface area contributed by atoms with Gasteiger partial charge < -0.3 is 9.88 Å². The standard InChI is InChI=1S/C13H19N5O2S/c1-17-9-12(7-11(17)8-14-10-3-4-10)21(19,20)16-13-5-6-18(2)15-13/h5-7,9-10,14H,3-4,8H2,1-2H3,(H,15,16). The van der Waals surface area contributed by atoms with Crippen molar-refractivity contribution in [2.45, 2.75) is 30.3 Å². The lowest BCUT2D eigenvalue weighted by molar-refractivity contribution is 0.600. The number of hydrogen-bond acceptors (Lipinski definition) is 4. The molecule has 0 bridgehead atoms. The molecular formula is C13H19N5O2S. The Morgan fingerprint density at radius 1 is 1.38 bits per heavy atom. The zero-order chi connectivity index (χ0) is 15.0. The average molecular weight is 309 g/mol. The third-order valence-electron chi connectivity index (χ3n) is 3.49. The van der Waals surface area contributed by atoms with Crippen LogP contribution in [0.1, 0.15) is 18.5 Å². The molecule has 1 aliphatic carbocycles. The Balaban J connectivity index is 1.76. The molecule has 1 saturated carbocycles. The maximum Gasteiger partial charge on any atom is 0.264 e. The molecule has 1 aliphatic rings. The first-order valence-electron chi connectivity index (χ1n) is 6.85. The van der Waals surface area contributed by atoms with Gasteiger partial charge in [0, 0.05) is 50.8 Å². The van der Waals surface area contributed by atoms with E-state index >= 15 is 0 Å². The maximum absolute atomic E-state index is 12.3. The van der Waals surface area contributed by atoms with Crippen LogP contribution in [-0.4, -0.2) is 28.8 Å². The fourth-order valence-corrected chi connectivity index (χ4v) is 3.19. The quantitative estimate of drug-likeness (QED) is 0.827. The van der Waals surface area contributed by atoms with Gasteiger partial charge in [0.05, 0.1) is 0 Å². The summed E-state index contributed by atoms with van der Waals surface area (Å²) < 4.78 is 30.5. The van der Waals surface area contributed by atoms with Crippen molar-refractivity contribution in [3.8, 4) is 0 Å². The predicted molar refractivity (Wildman–Crippen MR) is 79.3 cm³/mol. The summed E-state index contributed by atoms with van der Waals surface area (Å²) in [5.74, 6) is 0.319. The summed E-state index contributed by atoms with van der Waals surface area (Å²) in [7, 11) is -0.0101. The molecule has 0 amide bonds. The van der Waals surface area contributed by atoms with E-state index < -0.39 is 10.0 Å². The van der Waals surface area contributed by atoms with Gasteiger partial charge in [-0.2, -0.15) is 5.10 Å². The van der Waals surface area contributed by atoms with E-state index in [4.69, 9.17) is 0 Å². The van der Waals surface area contributed by atoms with Crippen LogP contribution >= 0.6 is 0 Å². The zero-order valence-corrected chi connectivity index (χ0v) is 12.9. The molecule has 8 heteroatoms. The van der Waals surface area contributed by atoms with E-state index in [-0.39, 0.29) is 4.90 Å². The van der Waals surface area contributed by atoms with E-state index in [1.165, 1.54) is 12.8 Å². The zero-order valence-electron chi connectivity index (χ0n) is 12.1. The molecule has 3 rings (SSSR count). The van der Waals surface area contributed by atoms with Crippen molar-refractivity contribution in [2.24, 2.45) is 14.1 Å². The highest BCUT2D eigenvalue weighted by atomic mass is 32.2. The smallest absolute Gasteiger partial charge is 0.264 e. The molecule has 2 heterocycles. The molecule has 114 valence electrons. The molecule has 0 spiro atoms. The summed E-state index contributed by atoms with van der Waals surface area (Å²) in [6.07, 6.45) is 5.72. The minimum absolute atomic E-state index is 0.253. The molecule has 21 heavy (non-hydrogen) atoms. The van der Waals surface area contributed by atoms with Crippen LogP contribution in [0.25, 0.3) is 0 Å². The van der Waals surface area contributed by atoms with Crippen LogP contribution in [-0.2, 0) is 30.7 Å². The Morgan fingerprint density at radius 3 is 2.76 bits per heavy atom. The van der Waals surface area contributed by atoms with Gasteiger partial charge in [-0.15, -0.1) is 0 Å². The van der Waals surface area contributed by atoms with Gasteiger partial charge in [-0.1, -0.05) is 0 Å². The lowest BCUT2D eigenvalue weighted by Crippen LogP contribution is -2.17. The third-order valence-corrected chi connectivity index (χ3v) is 4.82.